The summed E-state index contributed by atoms with van der Waals surface area (Å²) in [4.78, 5) is -0.718. The van der Waals surface area contributed by atoms with Crippen LogP contribution < -0.4 is 5.73 Å². The molecule has 0 saturated heterocycles. The van der Waals surface area contributed by atoms with Crippen molar-refractivity contribution in [2.45, 2.75) is 17.9 Å². The molecular weight excluding hydrogens is 266 g/mol. The summed E-state index contributed by atoms with van der Waals surface area (Å²) in [6.07, 6.45) is -0.911. The van der Waals surface area contributed by atoms with Gasteiger partial charge in [0, 0.05) is 19.7 Å². The number of nitrogens with zero attached hydrogens (tertiary/aromatic N) is 1. The number of halogens is 2. The van der Waals surface area contributed by atoms with Gasteiger partial charge in [-0.25, -0.2) is 17.2 Å². The quantitative estimate of drug-likeness (QED) is 0.789. The fourth-order valence-corrected chi connectivity index (χ4v) is 2.71. The van der Waals surface area contributed by atoms with Crippen molar-refractivity contribution in [3.63, 3.8) is 0 Å². The van der Waals surface area contributed by atoms with Crippen LogP contribution in [0.15, 0.2) is 17.0 Å². The molecule has 18 heavy (non-hydrogen) atoms. The fraction of sp³-hybridized carbons (Fsp3) is 0.400. The molecule has 3 N–H and O–H groups in total. The van der Waals surface area contributed by atoms with Gasteiger partial charge in [-0.15, -0.1) is 0 Å². The molecule has 0 saturated carbocycles. The fourth-order valence-electron chi connectivity index (χ4n) is 1.38. The summed E-state index contributed by atoms with van der Waals surface area (Å²) in [5.74, 6) is -2.25. The van der Waals surface area contributed by atoms with E-state index in [0.29, 0.717) is 6.07 Å². The molecule has 1 aromatic rings. The van der Waals surface area contributed by atoms with Gasteiger partial charge in [0.2, 0.25) is 10.0 Å². The van der Waals surface area contributed by atoms with Gasteiger partial charge in [0.25, 0.3) is 0 Å². The van der Waals surface area contributed by atoms with E-state index >= 15 is 0 Å². The summed E-state index contributed by atoms with van der Waals surface area (Å²) in [5, 5.41) is 9.12. The Bertz CT molecular complexity index is 546. The smallest absolute Gasteiger partial charge is 0.245 e. The number of nitrogens with two attached hydrogens (primary N) is 1. The highest BCUT2D eigenvalue weighted by atomic mass is 32.2. The Labute approximate surface area is 104 Å². The van der Waals surface area contributed by atoms with Crippen LogP contribution in [-0.2, 0) is 10.0 Å². The predicted molar refractivity (Wildman–Crippen MR) is 62.3 cm³/mol. The number of nitrogen functional groups attached to an aromatic ring is 1. The van der Waals surface area contributed by atoms with Gasteiger partial charge < -0.3 is 10.8 Å². The van der Waals surface area contributed by atoms with Crippen molar-refractivity contribution in [3.05, 3.63) is 23.8 Å². The van der Waals surface area contributed by atoms with E-state index in [1.54, 1.807) is 0 Å². The first-order valence-electron chi connectivity index (χ1n) is 5.05. The molecule has 1 unspecified atom stereocenters. The summed E-state index contributed by atoms with van der Waals surface area (Å²) in [7, 11) is -2.97. The zero-order chi connectivity index (χ0) is 14.1. The van der Waals surface area contributed by atoms with E-state index in [0.717, 1.165) is 10.4 Å². The summed E-state index contributed by atoms with van der Waals surface area (Å²) < 4.78 is 51.1. The van der Waals surface area contributed by atoms with Crippen LogP contribution >= 0.6 is 0 Å². The number of hydrogen-bond acceptors (Lipinski definition) is 4. The molecule has 1 aromatic carbocycles. The Kier molecular flexibility index (Phi) is 4.25. The number of benzene rings is 1. The van der Waals surface area contributed by atoms with Crippen molar-refractivity contribution in [1.82, 2.24) is 4.31 Å². The van der Waals surface area contributed by atoms with Gasteiger partial charge in [0.1, 0.15) is 16.5 Å². The molecule has 0 amide bonds. The first-order chi connectivity index (χ1) is 8.16. The number of aliphatic hydroxyl groups excluding tert-OH is 1. The lowest BCUT2D eigenvalue weighted by molar-refractivity contribution is 0.171. The van der Waals surface area contributed by atoms with Crippen LogP contribution in [0.25, 0.3) is 0 Å². The van der Waals surface area contributed by atoms with Crippen LogP contribution in [0.5, 0.6) is 0 Å². The summed E-state index contributed by atoms with van der Waals surface area (Å²) in [6.45, 7) is 1.18. The van der Waals surface area contributed by atoms with Crippen molar-refractivity contribution in [2.75, 3.05) is 19.3 Å². The lowest BCUT2D eigenvalue weighted by Gasteiger charge is -2.19. The molecule has 0 aliphatic heterocycles. The largest absolute Gasteiger partial charge is 0.396 e. The average molecular weight is 280 g/mol. The Morgan fingerprint density at radius 2 is 1.94 bits per heavy atom. The van der Waals surface area contributed by atoms with Gasteiger partial charge in [0.15, 0.2) is 0 Å². The van der Waals surface area contributed by atoms with Crippen molar-refractivity contribution in [3.8, 4) is 0 Å². The highest BCUT2D eigenvalue weighted by Gasteiger charge is 2.26. The van der Waals surface area contributed by atoms with E-state index in [2.05, 4.69) is 0 Å². The highest BCUT2D eigenvalue weighted by Crippen LogP contribution is 2.23. The molecule has 1 atom stereocenters. The zero-order valence-electron chi connectivity index (χ0n) is 9.89. The molecule has 102 valence electrons. The molecule has 0 aliphatic rings. The van der Waals surface area contributed by atoms with E-state index in [1.807, 2.05) is 0 Å². The summed E-state index contributed by atoms with van der Waals surface area (Å²) in [6, 6.07) is 1.14. The number of rotatable bonds is 4. The van der Waals surface area contributed by atoms with Gasteiger partial charge in [-0.3, -0.25) is 0 Å². The van der Waals surface area contributed by atoms with Crippen molar-refractivity contribution < 1.29 is 22.3 Å². The lowest BCUT2D eigenvalue weighted by atomic mass is 10.3. The number of hydrogen-bond donors (Lipinski definition) is 2. The third-order valence-corrected chi connectivity index (χ3v) is 4.10. The number of aliphatic hydroxyl groups is 1. The molecule has 0 heterocycles. The van der Waals surface area contributed by atoms with E-state index in [9.17, 15) is 17.2 Å². The van der Waals surface area contributed by atoms with E-state index in [4.69, 9.17) is 10.8 Å². The molecule has 0 bridgehead atoms. The summed E-state index contributed by atoms with van der Waals surface area (Å²) in [5.41, 5.74) is 4.76. The molecule has 1 rings (SSSR count). The van der Waals surface area contributed by atoms with Gasteiger partial charge in [-0.05, 0) is 13.0 Å². The Balaban J connectivity index is 3.24. The third kappa shape index (κ3) is 2.95. The molecular formula is C10H14F2N2O3S. The lowest BCUT2D eigenvalue weighted by Crippen LogP contribution is -2.33. The predicted octanol–water partition coefficient (Wildman–Crippen LogP) is 0.548. The number of likely N-dealkylation sites (N-methyl/N-ethyl adjacent to an activating group) is 1. The van der Waals surface area contributed by atoms with E-state index < -0.39 is 38.3 Å². The van der Waals surface area contributed by atoms with Crippen LogP contribution in [0, 0.1) is 11.6 Å². The van der Waals surface area contributed by atoms with Crippen molar-refractivity contribution in [2.24, 2.45) is 0 Å². The molecule has 5 nitrogen and oxygen atoms in total. The SMILES string of the molecule is CC(O)CN(C)S(=O)(=O)c1cc(N)c(F)cc1F. The van der Waals surface area contributed by atoms with Gasteiger partial charge in [-0.1, -0.05) is 0 Å². The van der Waals surface area contributed by atoms with Crippen LogP contribution in [0.3, 0.4) is 0 Å². The highest BCUT2D eigenvalue weighted by molar-refractivity contribution is 7.89. The standard InChI is InChI=1S/C10H14F2N2O3S/c1-6(15)5-14(2)18(16,17)10-4-9(13)7(11)3-8(10)12/h3-4,6,15H,5,13H2,1-2H3. The minimum absolute atomic E-state index is 0.209. The molecule has 0 aromatic heterocycles. The second-order valence-corrected chi connectivity index (χ2v) is 5.95. The molecule has 0 aliphatic carbocycles. The second-order valence-electron chi connectivity index (χ2n) is 3.94. The number of anilines is 1. The maximum Gasteiger partial charge on any atom is 0.245 e. The Hall–Kier alpha value is -1.25. The first kappa shape index (κ1) is 14.8. The van der Waals surface area contributed by atoms with Crippen molar-refractivity contribution >= 4 is 15.7 Å². The van der Waals surface area contributed by atoms with Crippen LogP contribution in [0.2, 0.25) is 0 Å². The van der Waals surface area contributed by atoms with Gasteiger partial charge in [0.05, 0.1) is 11.8 Å². The second kappa shape index (κ2) is 5.17. The van der Waals surface area contributed by atoms with Gasteiger partial charge >= 0.3 is 0 Å². The topological polar surface area (TPSA) is 83.6 Å². The Morgan fingerprint density at radius 3 is 2.44 bits per heavy atom. The maximum atomic E-state index is 13.5. The Morgan fingerprint density at radius 1 is 1.39 bits per heavy atom. The first-order valence-corrected chi connectivity index (χ1v) is 6.49. The minimum Gasteiger partial charge on any atom is -0.396 e. The maximum absolute atomic E-state index is 13.5. The van der Waals surface area contributed by atoms with Crippen LogP contribution in [0.1, 0.15) is 6.92 Å². The van der Waals surface area contributed by atoms with Gasteiger partial charge in [-0.2, -0.15) is 4.31 Å². The number of sulfonamides is 1. The van der Waals surface area contributed by atoms with E-state index in [1.165, 1.54) is 14.0 Å². The molecule has 0 fully saturated rings. The average Bonchev–Trinajstić information content (AvgIpc) is 2.22. The molecule has 8 heteroatoms. The van der Waals surface area contributed by atoms with Crippen molar-refractivity contribution in [1.29, 1.82) is 0 Å². The van der Waals surface area contributed by atoms with Crippen LogP contribution in [0.4, 0.5) is 14.5 Å². The van der Waals surface area contributed by atoms with Crippen LogP contribution in [-0.4, -0.2) is 37.5 Å². The summed E-state index contributed by atoms with van der Waals surface area (Å²) >= 11 is 0. The normalized spacial score (nSPS) is 13.9. The minimum atomic E-state index is -4.15. The molecule has 0 radical (unpaired) electrons. The zero-order valence-corrected chi connectivity index (χ0v) is 10.7. The molecule has 0 spiro atoms. The monoisotopic (exact) mass is 280 g/mol. The third-order valence-electron chi connectivity index (χ3n) is 2.26. The van der Waals surface area contributed by atoms with E-state index in [-0.39, 0.29) is 6.54 Å².